The molecule has 1 unspecified atom stereocenters. The molecule has 1 saturated heterocycles. The molecule has 0 aliphatic carbocycles. The first kappa shape index (κ1) is 14.6. The molecule has 0 aromatic heterocycles. The smallest absolute Gasteiger partial charge is 0.231 e. The second kappa shape index (κ2) is 5.81. The third kappa shape index (κ3) is 2.96. The van der Waals surface area contributed by atoms with Crippen LogP contribution in [0.25, 0.3) is 0 Å². The number of carbonyl (C=O) groups excluding carboxylic acids is 1. The summed E-state index contributed by atoms with van der Waals surface area (Å²) in [5, 5.41) is 0. The van der Waals surface area contributed by atoms with Crippen LogP contribution in [0.15, 0.2) is 28.5 Å². The van der Waals surface area contributed by atoms with Crippen molar-refractivity contribution in [1.29, 1.82) is 0 Å². The summed E-state index contributed by atoms with van der Waals surface area (Å²) in [5.74, 6) is 2.44. The summed E-state index contributed by atoms with van der Waals surface area (Å²) in [7, 11) is 0. The Morgan fingerprint density at radius 2 is 2.25 bits per heavy atom. The van der Waals surface area contributed by atoms with Gasteiger partial charge in [-0.1, -0.05) is 22.6 Å². The predicted octanol–water partition coefficient (Wildman–Crippen LogP) is 4.11. The Morgan fingerprint density at radius 1 is 1.45 bits per heavy atom. The number of hydrogen-bond donors (Lipinski definition) is 0. The maximum Gasteiger partial charge on any atom is 0.231 e. The normalized spacial score (nSPS) is 26.2. The van der Waals surface area contributed by atoms with Gasteiger partial charge in [0.05, 0.1) is 0 Å². The van der Waals surface area contributed by atoms with Gasteiger partial charge in [0.25, 0.3) is 0 Å². The molecule has 1 aromatic rings. The molecule has 0 radical (unpaired) electrons. The summed E-state index contributed by atoms with van der Waals surface area (Å²) in [4.78, 5) is 12.3. The average molecular weight is 420 g/mol. The van der Waals surface area contributed by atoms with Gasteiger partial charge in [-0.3, -0.25) is 4.79 Å². The van der Waals surface area contributed by atoms with E-state index >= 15 is 0 Å². The van der Waals surface area contributed by atoms with Crippen LogP contribution < -0.4 is 9.47 Å². The quantitative estimate of drug-likeness (QED) is 0.318. The highest BCUT2D eigenvalue weighted by Gasteiger charge is 2.32. The molecular formula is C14H13IO3S2. The Balaban J connectivity index is 1.77. The topological polar surface area (TPSA) is 35.5 Å². The van der Waals surface area contributed by atoms with Gasteiger partial charge in [-0.05, 0) is 25.1 Å². The van der Waals surface area contributed by atoms with Crippen LogP contribution in [0.1, 0.15) is 17.3 Å². The molecule has 6 heteroatoms. The van der Waals surface area contributed by atoms with E-state index in [4.69, 9.17) is 9.47 Å². The van der Waals surface area contributed by atoms with E-state index in [9.17, 15) is 4.79 Å². The molecule has 1 aromatic carbocycles. The maximum atomic E-state index is 12.3. The number of hydrogen-bond acceptors (Lipinski definition) is 5. The number of ether oxygens (including phenoxy) is 2. The SMILES string of the molecule is CC1(CI)CS/C(=C/C(=O)c2ccc3c(c2)OCO3)S1. The van der Waals surface area contributed by atoms with Crippen LogP contribution in [0, 0.1) is 0 Å². The summed E-state index contributed by atoms with van der Waals surface area (Å²) >= 11 is 5.97. The highest BCUT2D eigenvalue weighted by atomic mass is 127. The van der Waals surface area contributed by atoms with Gasteiger partial charge < -0.3 is 9.47 Å². The highest BCUT2D eigenvalue weighted by molar-refractivity contribution is 14.1. The summed E-state index contributed by atoms with van der Waals surface area (Å²) in [6.07, 6.45) is 1.74. The summed E-state index contributed by atoms with van der Waals surface area (Å²) in [6, 6.07) is 5.33. The van der Waals surface area contributed by atoms with Crippen molar-refractivity contribution in [1.82, 2.24) is 0 Å². The van der Waals surface area contributed by atoms with Gasteiger partial charge in [0.1, 0.15) is 0 Å². The van der Waals surface area contributed by atoms with Crippen LogP contribution in [-0.2, 0) is 0 Å². The van der Waals surface area contributed by atoms with Gasteiger partial charge in [-0.25, -0.2) is 0 Å². The van der Waals surface area contributed by atoms with Crippen molar-refractivity contribution < 1.29 is 14.3 Å². The molecule has 3 nitrogen and oxygen atoms in total. The second-order valence-corrected chi connectivity index (χ2v) is 8.54. The summed E-state index contributed by atoms with van der Waals surface area (Å²) in [5.41, 5.74) is 0.644. The molecule has 2 aliphatic heterocycles. The number of halogens is 1. The number of ketones is 1. The molecule has 2 aliphatic rings. The van der Waals surface area contributed by atoms with E-state index < -0.39 is 0 Å². The molecule has 0 N–H and O–H groups in total. The number of alkyl halides is 1. The van der Waals surface area contributed by atoms with E-state index in [1.807, 2.05) is 0 Å². The fourth-order valence-corrected chi connectivity index (χ4v) is 5.88. The van der Waals surface area contributed by atoms with E-state index in [1.165, 1.54) is 0 Å². The van der Waals surface area contributed by atoms with Crippen molar-refractivity contribution in [2.24, 2.45) is 0 Å². The predicted molar refractivity (Wildman–Crippen MR) is 92.3 cm³/mol. The fourth-order valence-electron chi connectivity index (χ4n) is 1.90. The Labute approximate surface area is 140 Å². The van der Waals surface area contributed by atoms with Crippen LogP contribution in [0.3, 0.4) is 0 Å². The third-order valence-corrected chi connectivity index (χ3v) is 8.33. The Bertz CT molecular complexity index is 588. The summed E-state index contributed by atoms with van der Waals surface area (Å²) < 4.78 is 13.0. The van der Waals surface area contributed by atoms with Crippen molar-refractivity contribution in [2.75, 3.05) is 17.0 Å². The second-order valence-electron chi connectivity index (χ2n) is 4.87. The van der Waals surface area contributed by atoms with Crippen LogP contribution in [0.5, 0.6) is 11.5 Å². The standard InChI is InChI=1S/C14H13IO3S2/c1-14(6-15)7-19-13(20-14)5-10(16)9-2-3-11-12(4-9)18-8-17-11/h2-5H,6-8H2,1H3/b13-5-. The van der Waals surface area contributed by atoms with Gasteiger partial charge >= 0.3 is 0 Å². The van der Waals surface area contributed by atoms with E-state index in [2.05, 4.69) is 29.5 Å². The number of carbonyl (C=O) groups is 1. The minimum Gasteiger partial charge on any atom is -0.454 e. The molecule has 0 spiro atoms. The lowest BCUT2D eigenvalue weighted by molar-refractivity contribution is 0.104. The molecule has 2 heterocycles. The molecule has 1 fully saturated rings. The third-order valence-electron chi connectivity index (χ3n) is 3.06. The molecule has 106 valence electrons. The van der Waals surface area contributed by atoms with Gasteiger partial charge in [0.2, 0.25) is 6.79 Å². The van der Waals surface area contributed by atoms with E-state index in [0.29, 0.717) is 17.1 Å². The van der Waals surface area contributed by atoms with Gasteiger partial charge in [-0.15, -0.1) is 23.5 Å². The van der Waals surface area contributed by atoms with Crippen molar-refractivity contribution in [3.8, 4) is 11.5 Å². The average Bonchev–Trinajstić information content (AvgIpc) is 3.05. The van der Waals surface area contributed by atoms with Crippen LogP contribution >= 0.6 is 46.1 Å². The monoisotopic (exact) mass is 420 g/mol. The fraction of sp³-hybridized carbons (Fsp3) is 0.357. The van der Waals surface area contributed by atoms with Gasteiger partial charge in [0, 0.05) is 30.8 Å². The van der Waals surface area contributed by atoms with Crippen molar-refractivity contribution in [3.63, 3.8) is 0 Å². The van der Waals surface area contributed by atoms with Crippen molar-refractivity contribution in [3.05, 3.63) is 34.1 Å². The number of fused-ring (bicyclic) bond motifs is 1. The first-order chi connectivity index (χ1) is 9.59. The molecule has 0 bridgehead atoms. The molecule has 1 atom stereocenters. The maximum absolute atomic E-state index is 12.3. The molecule has 20 heavy (non-hydrogen) atoms. The highest BCUT2D eigenvalue weighted by Crippen LogP contribution is 2.49. The number of thioether (sulfide) groups is 2. The van der Waals surface area contributed by atoms with E-state index in [-0.39, 0.29) is 17.3 Å². The molecule has 3 rings (SSSR count). The minimum absolute atomic E-state index is 0.0241. The minimum atomic E-state index is 0.0241. The first-order valence-corrected chi connectivity index (χ1v) is 9.46. The summed E-state index contributed by atoms with van der Waals surface area (Å²) in [6.45, 7) is 2.47. The molecular weight excluding hydrogens is 407 g/mol. The molecule has 0 saturated carbocycles. The van der Waals surface area contributed by atoms with E-state index in [0.717, 1.165) is 14.4 Å². The van der Waals surface area contributed by atoms with E-state index in [1.54, 1.807) is 47.8 Å². The Kier molecular flexibility index (Phi) is 4.24. The number of rotatable bonds is 3. The lowest BCUT2D eigenvalue weighted by Crippen LogP contribution is -2.20. The lowest BCUT2D eigenvalue weighted by Gasteiger charge is -2.16. The van der Waals surface area contributed by atoms with Crippen LogP contribution in [0.2, 0.25) is 0 Å². The van der Waals surface area contributed by atoms with Crippen molar-refractivity contribution >= 4 is 51.9 Å². The van der Waals surface area contributed by atoms with Crippen molar-refractivity contribution in [2.45, 2.75) is 11.7 Å². The van der Waals surface area contributed by atoms with Crippen LogP contribution in [0.4, 0.5) is 0 Å². The zero-order valence-corrected chi connectivity index (χ0v) is 14.6. The molecule has 0 amide bonds. The van der Waals surface area contributed by atoms with Crippen LogP contribution in [-0.4, -0.2) is 27.5 Å². The van der Waals surface area contributed by atoms with Gasteiger partial charge in [-0.2, -0.15) is 0 Å². The van der Waals surface area contributed by atoms with Gasteiger partial charge in [0.15, 0.2) is 17.3 Å². The Morgan fingerprint density at radius 3 is 3.00 bits per heavy atom. The zero-order valence-electron chi connectivity index (χ0n) is 10.8. The number of allylic oxidation sites excluding steroid dienone is 1. The first-order valence-electron chi connectivity index (χ1n) is 6.13. The zero-order chi connectivity index (χ0) is 14.2. The Hall–Kier alpha value is -0.340. The lowest BCUT2D eigenvalue weighted by atomic mass is 10.1. The largest absolute Gasteiger partial charge is 0.454 e. The number of benzene rings is 1.